The molecule has 0 bridgehead atoms. The molecule has 0 aliphatic carbocycles. The molecule has 2 nitrogen and oxygen atoms in total. The van der Waals surface area contributed by atoms with Crippen molar-refractivity contribution < 1.29 is 9.90 Å². The maximum atomic E-state index is 10.8. The van der Waals surface area contributed by atoms with E-state index in [-0.39, 0.29) is 5.92 Å². The van der Waals surface area contributed by atoms with Crippen molar-refractivity contribution in [2.24, 2.45) is 23.2 Å². The molecule has 0 spiro atoms. The van der Waals surface area contributed by atoms with Gasteiger partial charge in [-0.05, 0) is 30.1 Å². The summed E-state index contributed by atoms with van der Waals surface area (Å²) in [6.07, 6.45) is 4.41. The normalized spacial score (nSPS) is 17.5. The predicted octanol–water partition coefficient (Wildman–Crippen LogP) is 4.59. The molecule has 17 heavy (non-hydrogen) atoms. The van der Waals surface area contributed by atoms with Crippen LogP contribution in [0.2, 0.25) is 0 Å². The molecule has 3 unspecified atom stereocenters. The second kappa shape index (κ2) is 7.03. The second-order valence-corrected chi connectivity index (χ2v) is 7.03. The van der Waals surface area contributed by atoms with E-state index in [1.54, 1.807) is 6.92 Å². The SMILES string of the molecule is CC(CCC(C)CC(C)(C)C)CC(C)C(=O)O. The number of carbonyl (C=O) groups is 1. The van der Waals surface area contributed by atoms with Crippen molar-refractivity contribution in [2.45, 2.75) is 67.2 Å². The zero-order valence-corrected chi connectivity index (χ0v) is 12.4. The Balaban J connectivity index is 3.84. The lowest BCUT2D eigenvalue weighted by Gasteiger charge is -2.24. The summed E-state index contributed by atoms with van der Waals surface area (Å²) in [4.78, 5) is 10.8. The van der Waals surface area contributed by atoms with Crippen LogP contribution < -0.4 is 0 Å². The van der Waals surface area contributed by atoms with Crippen LogP contribution in [0.4, 0.5) is 0 Å². The van der Waals surface area contributed by atoms with Crippen LogP contribution in [0.15, 0.2) is 0 Å². The van der Waals surface area contributed by atoms with Gasteiger partial charge in [0.05, 0.1) is 5.92 Å². The molecule has 0 saturated carbocycles. The van der Waals surface area contributed by atoms with E-state index in [0.717, 1.165) is 18.8 Å². The third-order valence-corrected chi connectivity index (χ3v) is 3.29. The highest BCUT2D eigenvalue weighted by Gasteiger charge is 2.18. The van der Waals surface area contributed by atoms with Crippen molar-refractivity contribution in [3.05, 3.63) is 0 Å². The zero-order valence-electron chi connectivity index (χ0n) is 12.4. The molecule has 0 radical (unpaired) electrons. The van der Waals surface area contributed by atoms with Crippen LogP contribution in [0.3, 0.4) is 0 Å². The molecule has 0 aliphatic rings. The highest BCUT2D eigenvalue weighted by molar-refractivity contribution is 5.69. The molecule has 3 atom stereocenters. The highest BCUT2D eigenvalue weighted by atomic mass is 16.4. The minimum absolute atomic E-state index is 0.206. The van der Waals surface area contributed by atoms with Gasteiger partial charge in [0.25, 0.3) is 0 Å². The van der Waals surface area contributed by atoms with Crippen molar-refractivity contribution in [2.75, 3.05) is 0 Å². The molecule has 0 rings (SSSR count). The zero-order chi connectivity index (χ0) is 13.6. The molecule has 2 heteroatoms. The van der Waals surface area contributed by atoms with Crippen molar-refractivity contribution in [3.8, 4) is 0 Å². The van der Waals surface area contributed by atoms with Gasteiger partial charge >= 0.3 is 5.97 Å². The molecule has 0 aromatic heterocycles. The summed E-state index contributed by atoms with van der Waals surface area (Å²) in [6, 6.07) is 0. The van der Waals surface area contributed by atoms with E-state index in [1.807, 2.05) is 0 Å². The summed E-state index contributed by atoms with van der Waals surface area (Å²) >= 11 is 0. The van der Waals surface area contributed by atoms with E-state index in [2.05, 4.69) is 34.6 Å². The van der Waals surface area contributed by atoms with Crippen LogP contribution in [-0.4, -0.2) is 11.1 Å². The van der Waals surface area contributed by atoms with Gasteiger partial charge in [-0.25, -0.2) is 0 Å². The van der Waals surface area contributed by atoms with Crippen molar-refractivity contribution in [3.63, 3.8) is 0 Å². The summed E-state index contributed by atoms with van der Waals surface area (Å²) in [7, 11) is 0. The van der Waals surface area contributed by atoms with Gasteiger partial charge in [0.1, 0.15) is 0 Å². The first-order valence-corrected chi connectivity index (χ1v) is 6.84. The van der Waals surface area contributed by atoms with Gasteiger partial charge in [-0.1, -0.05) is 54.4 Å². The molecule has 0 heterocycles. The average molecular weight is 242 g/mol. The monoisotopic (exact) mass is 242 g/mol. The van der Waals surface area contributed by atoms with E-state index in [4.69, 9.17) is 5.11 Å². The quantitative estimate of drug-likeness (QED) is 0.709. The number of aliphatic carboxylic acids is 1. The fourth-order valence-electron chi connectivity index (χ4n) is 2.54. The number of hydrogen-bond donors (Lipinski definition) is 1. The largest absolute Gasteiger partial charge is 0.481 e. The predicted molar refractivity (Wildman–Crippen MR) is 73.1 cm³/mol. The maximum absolute atomic E-state index is 10.8. The van der Waals surface area contributed by atoms with Gasteiger partial charge < -0.3 is 5.11 Å². The van der Waals surface area contributed by atoms with Crippen LogP contribution in [0.25, 0.3) is 0 Å². The topological polar surface area (TPSA) is 37.3 Å². The molecule has 0 aromatic carbocycles. The summed E-state index contributed by atoms with van der Waals surface area (Å²) in [5.74, 6) is 0.378. The Kier molecular flexibility index (Phi) is 6.81. The van der Waals surface area contributed by atoms with E-state index in [9.17, 15) is 4.79 Å². The van der Waals surface area contributed by atoms with E-state index in [1.165, 1.54) is 12.8 Å². The Morgan fingerprint density at radius 3 is 1.94 bits per heavy atom. The van der Waals surface area contributed by atoms with Gasteiger partial charge in [-0.3, -0.25) is 4.79 Å². The van der Waals surface area contributed by atoms with Gasteiger partial charge in [0.2, 0.25) is 0 Å². The van der Waals surface area contributed by atoms with Crippen molar-refractivity contribution >= 4 is 5.97 Å². The van der Waals surface area contributed by atoms with Crippen LogP contribution >= 0.6 is 0 Å². The molecule has 0 amide bonds. The first kappa shape index (κ1) is 16.5. The molecule has 0 aromatic rings. The van der Waals surface area contributed by atoms with Crippen LogP contribution in [0, 0.1) is 23.2 Å². The Bertz CT molecular complexity index is 228. The lowest BCUT2D eigenvalue weighted by molar-refractivity contribution is -0.141. The van der Waals surface area contributed by atoms with Gasteiger partial charge in [0.15, 0.2) is 0 Å². The maximum Gasteiger partial charge on any atom is 0.306 e. The van der Waals surface area contributed by atoms with Gasteiger partial charge in [-0.2, -0.15) is 0 Å². The van der Waals surface area contributed by atoms with Gasteiger partial charge in [0, 0.05) is 0 Å². The number of carboxylic acid groups (broad SMARTS) is 1. The molecule has 0 aliphatic heterocycles. The summed E-state index contributed by atoms with van der Waals surface area (Å²) in [5, 5.41) is 8.86. The van der Waals surface area contributed by atoms with E-state index < -0.39 is 5.97 Å². The van der Waals surface area contributed by atoms with Crippen molar-refractivity contribution in [1.29, 1.82) is 0 Å². The van der Waals surface area contributed by atoms with Crippen molar-refractivity contribution in [1.82, 2.24) is 0 Å². The fourth-order valence-corrected chi connectivity index (χ4v) is 2.54. The Hall–Kier alpha value is -0.530. The first-order valence-electron chi connectivity index (χ1n) is 6.84. The molecular weight excluding hydrogens is 212 g/mol. The second-order valence-electron chi connectivity index (χ2n) is 7.03. The molecule has 0 saturated heterocycles. The average Bonchev–Trinajstić information content (AvgIpc) is 2.11. The highest BCUT2D eigenvalue weighted by Crippen LogP contribution is 2.28. The first-order chi connectivity index (χ1) is 7.61. The molecule has 102 valence electrons. The molecule has 0 fully saturated rings. The minimum Gasteiger partial charge on any atom is -0.481 e. The standard InChI is InChI=1S/C15H30O2/c1-11(9-13(3)14(16)17)7-8-12(2)10-15(4,5)6/h11-13H,7-10H2,1-6H3,(H,16,17). The number of hydrogen-bond acceptors (Lipinski definition) is 1. The Labute approximate surface area is 107 Å². The summed E-state index contributed by atoms with van der Waals surface area (Å²) < 4.78 is 0. The third kappa shape index (κ3) is 9.20. The molecule has 1 N–H and O–H groups in total. The lowest BCUT2D eigenvalue weighted by atomic mass is 9.82. The third-order valence-electron chi connectivity index (χ3n) is 3.29. The van der Waals surface area contributed by atoms with Crippen LogP contribution in [0.1, 0.15) is 67.2 Å². The summed E-state index contributed by atoms with van der Waals surface area (Å²) in [5.41, 5.74) is 0.400. The van der Waals surface area contributed by atoms with E-state index in [0.29, 0.717) is 11.3 Å². The smallest absolute Gasteiger partial charge is 0.306 e. The molecular formula is C15H30O2. The summed E-state index contributed by atoms with van der Waals surface area (Å²) in [6.45, 7) is 13.1. The Morgan fingerprint density at radius 2 is 1.53 bits per heavy atom. The minimum atomic E-state index is -0.667. The van der Waals surface area contributed by atoms with Gasteiger partial charge in [-0.15, -0.1) is 0 Å². The Morgan fingerprint density at radius 1 is 1.06 bits per heavy atom. The number of rotatable bonds is 7. The van der Waals surface area contributed by atoms with E-state index >= 15 is 0 Å². The number of carboxylic acids is 1. The van der Waals surface area contributed by atoms with Crippen LogP contribution in [0.5, 0.6) is 0 Å². The van der Waals surface area contributed by atoms with Crippen LogP contribution in [-0.2, 0) is 4.79 Å². The lowest BCUT2D eigenvalue weighted by Crippen LogP contribution is -2.15. The fraction of sp³-hybridized carbons (Fsp3) is 0.933.